The zero-order valence-electron chi connectivity index (χ0n) is 80.4. The lowest BCUT2D eigenvalue weighted by Crippen LogP contribution is -2.44. The number of aromatic nitrogens is 4. The summed E-state index contributed by atoms with van der Waals surface area (Å²) in [5.74, 6) is 5.98. The van der Waals surface area contributed by atoms with Crippen LogP contribution in [0.25, 0.3) is 43.1 Å². The predicted octanol–water partition coefficient (Wildman–Crippen LogP) is 20.9. The van der Waals surface area contributed by atoms with E-state index in [1.54, 1.807) is 0 Å². The van der Waals surface area contributed by atoms with Crippen molar-refractivity contribution in [1.82, 2.24) is 29.7 Å². The highest BCUT2D eigenvalue weighted by Gasteiger charge is 2.64. The van der Waals surface area contributed by atoms with Crippen LogP contribution in [0, 0.1) is 57.2 Å². The lowest BCUT2D eigenvalue weighted by atomic mass is 9.60. The van der Waals surface area contributed by atoms with E-state index < -0.39 is 0 Å². The molecule has 4 unspecified atom stereocenters. The Kier molecular flexibility index (Phi) is 24.2. The van der Waals surface area contributed by atoms with Crippen molar-refractivity contribution in [3.8, 4) is 0 Å². The van der Waals surface area contributed by atoms with Crippen molar-refractivity contribution < 1.29 is 66.7 Å². The summed E-state index contributed by atoms with van der Waals surface area (Å²) < 4.78 is 50.9. The van der Waals surface area contributed by atoms with Crippen molar-refractivity contribution in [2.45, 2.75) is 230 Å². The minimum atomic E-state index is -0.292. The van der Waals surface area contributed by atoms with E-state index in [0.29, 0.717) is 49.9 Å². The fourth-order valence-corrected chi connectivity index (χ4v) is 28.3. The monoisotopic (exact) mass is 1830 g/mol. The lowest BCUT2D eigenvalue weighted by Gasteiger charge is -2.48. The fourth-order valence-electron chi connectivity index (χ4n) is 28.3. The van der Waals surface area contributed by atoms with Crippen LogP contribution in [0.5, 0.6) is 0 Å². The molecule has 4 aromatic heterocycles. The number of allylic oxidation sites excluding steroid dienone is 14. The number of rotatable bonds is 12. The van der Waals surface area contributed by atoms with E-state index in [1.807, 2.05) is 77.9 Å². The van der Waals surface area contributed by atoms with Gasteiger partial charge in [-0.2, -0.15) is 0 Å². The number of carbonyl (C=O) groups is 6. The van der Waals surface area contributed by atoms with Crippen molar-refractivity contribution >= 4 is 78.2 Å². The van der Waals surface area contributed by atoms with Gasteiger partial charge in [0.15, 0.2) is 23.1 Å². The Balaban J connectivity index is 0.000000109. The highest BCUT2D eigenvalue weighted by atomic mass is 16.6. The summed E-state index contributed by atoms with van der Waals surface area (Å²) in [7, 11) is 11.9. The molecule has 8 aromatic rings. The van der Waals surface area contributed by atoms with E-state index in [1.165, 1.54) is 68.8 Å². The van der Waals surface area contributed by atoms with Gasteiger partial charge in [-0.15, -0.1) is 0 Å². The number of pyridine rings is 4. The first-order valence-corrected chi connectivity index (χ1v) is 49.6. The summed E-state index contributed by atoms with van der Waals surface area (Å²) in [5.41, 5.74) is 12.5. The molecule has 4 aliphatic heterocycles. The molecule has 22 atom stereocenters. The molecule has 6 fully saturated rings. The van der Waals surface area contributed by atoms with Crippen LogP contribution in [0.4, 0.5) is 0 Å². The lowest BCUT2D eigenvalue weighted by molar-refractivity contribution is -0.148. The Hall–Kier alpha value is -11.4. The van der Waals surface area contributed by atoms with Gasteiger partial charge in [-0.1, -0.05) is 113 Å². The van der Waals surface area contributed by atoms with Crippen molar-refractivity contribution in [3.05, 3.63) is 285 Å². The Morgan fingerprint density at radius 2 is 0.809 bits per heavy atom. The van der Waals surface area contributed by atoms with E-state index >= 15 is 0 Å². The van der Waals surface area contributed by atoms with Gasteiger partial charge in [0.25, 0.3) is 0 Å². The molecular formula is C116H126N6O14. The van der Waals surface area contributed by atoms with Gasteiger partial charge in [-0.05, 0) is 242 Å². The maximum Gasteiger partial charge on any atom is 0.302 e. The summed E-state index contributed by atoms with van der Waals surface area (Å²) in [4.78, 5) is 97.0. The molecule has 8 heterocycles. The average molecular weight is 1830 g/mol. The van der Waals surface area contributed by atoms with Crippen molar-refractivity contribution in [1.29, 1.82) is 0 Å². The first kappa shape index (κ1) is 91.0. The van der Waals surface area contributed by atoms with Crippen LogP contribution in [0.3, 0.4) is 0 Å². The largest absolute Gasteiger partial charge is 0.489 e. The summed E-state index contributed by atoms with van der Waals surface area (Å²) in [6.07, 6.45) is 46.9. The van der Waals surface area contributed by atoms with E-state index in [4.69, 9.17) is 37.9 Å². The highest BCUT2D eigenvalue weighted by molar-refractivity contribution is 6.02. The summed E-state index contributed by atoms with van der Waals surface area (Å²) in [5, 5.41) is 9.24. The molecule has 20 heteroatoms. The molecule has 4 aromatic carbocycles. The zero-order valence-corrected chi connectivity index (χ0v) is 80.4. The first-order chi connectivity index (χ1) is 65.6. The maximum atomic E-state index is 13.1. The van der Waals surface area contributed by atoms with Gasteiger partial charge in [0.2, 0.25) is 0 Å². The molecule has 16 aliphatic rings. The molecule has 0 saturated heterocycles. The molecule has 0 bridgehead atoms. The second kappa shape index (κ2) is 36.2. The van der Waals surface area contributed by atoms with E-state index in [2.05, 4.69) is 217 Å². The van der Waals surface area contributed by atoms with Crippen LogP contribution in [-0.2, 0) is 66.7 Å². The second-order valence-corrected chi connectivity index (χ2v) is 43.1. The Morgan fingerprint density at radius 3 is 1.32 bits per heavy atom. The maximum absolute atomic E-state index is 13.1. The van der Waals surface area contributed by atoms with Crippen LogP contribution in [0.1, 0.15) is 203 Å². The van der Waals surface area contributed by atoms with Gasteiger partial charge in [-0.3, -0.25) is 48.7 Å². The molecule has 12 aliphatic carbocycles. The SMILES string of the molecule is CC(=O)OC1C[C@H]2[C@@H]3OC4=C(C=C3C=C[C@]2(C)[C@H]1c1cccc2cnccc12)C(=O)CC(CN(C)C)C4.CC(=O)OC1C[C@H]2[C@@H]3OC4=C(C=C3CC[C@]2(C)[C@H]1c1cccc2cnccc12)C(=O)CC(CN(C)C)C4.CO[C@@H]1C[C@H]2[C@@H]3OC4=C(C=C3C=C[C@]2(C)[C@H]1c1ccc2ccncc2c1)C(=O)CCC4.CO[C@@H]1C[C@H]2[C@@H]3OC4=C(C=C3CC[C@]2(C)[C@H]1c1ccc2ccncc2c1)C(=O)CCC4. The van der Waals surface area contributed by atoms with Crippen LogP contribution in [-0.4, -0.2) is 169 Å². The number of fused-ring (bicyclic) bond motifs is 16. The van der Waals surface area contributed by atoms with Gasteiger partial charge in [-0.25, -0.2) is 0 Å². The molecular weight excluding hydrogens is 1700 g/mol. The third-order valence-electron chi connectivity index (χ3n) is 34.4. The Morgan fingerprint density at radius 1 is 0.404 bits per heavy atom. The Labute approximate surface area is 797 Å². The van der Waals surface area contributed by atoms with Gasteiger partial charge in [0, 0.05) is 222 Å². The van der Waals surface area contributed by atoms with Gasteiger partial charge in [0.1, 0.15) is 59.7 Å². The second-order valence-electron chi connectivity index (χ2n) is 43.1. The van der Waals surface area contributed by atoms with Crippen LogP contribution >= 0.6 is 0 Å². The van der Waals surface area contributed by atoms with Crippen LogP contribution < -0.4 is 0 Å². The minimum Gasteiger partial charge on any atom is -0.489 e. The number of nitrogens with zero attached hydrogens (tertiary/aromatic N) is 6. The summed E-state index contributed by atoms with van der Waals surface area (Å²) in [6.45, 7) is 14.1. The number of Topliss-reactive ketones (excluding diaryl/α,β-unsaturated/α-hetero) is 4. The number of ketones is 4. The van der Waals surface area contributed by atoms with E-state index in [9.17, 15) is 28.8 Å². The Bertz CT molecular complexity index is 6550. The fraction of sp³-hybridized carbons (Fsp3) is 0.466. The molecule has 704 valence electrons. The quantitative estimate of drug-likeness (QED) is 0.103. The standard InChI is InChI=1S/C31H36N2O4.C31H34N2O4.C27H29NO3.C27H27NO3/c2*1-18(34)36-28-15-25-30-20(14-24-26(35)12-19(17-33(3)4)13-27(24)37-30)8-10-31(25,2)29(28)23-7-5-6-21-16-32-11-9-22(21)23;2*1-27-10-8-18-13-20-22(29)4-3-5-23(20)31-26(18)21(27)14-24(30-2)25(27)17-7-6-16-9-11-28-15-19(16)12-17/h5-7,9,11,14,16,19,25,28-30H,8,10,12-13,15,17H2,1-4H3;5-11,14,16,19,25,28-30H,12-13,15,17H2,1-4H3;6-7,9,11-13,15,21,24-26H,3-5,8,10,14H2,1-2H3;6-13,15,21,24-26H,3-5,14H2,1-2H3/t2*19?,25-,28?,29-,30+,31-;2*21-,24+,25-,26+,27-/m0000/s1. The number of ether oxygens (including phenoxy) is 8. The molecule has 24 rings (SSSR count). The molecule has 6 saturated carbocycles. The summed E-state index contributed by atoms with van der Waals surface area (Å²) >= 11 is 0. The number of esters is 2. The van der Waals surface area contributed by atoms with Crippen molar-refractivity contribution in [2.24, 2.45) is 57.2 Å². The summed E-state index contributed by atoms with van der Waals surface area (Å²) in [6, 6.07) is 34.4. The molecule has 136 heavy (non-hydrogen) atoms. The van der Waals surface area contributed by atoms with Gasteiger partial charge < -0.3 is 47.7 Å². The number of hydrogen-bond donors (Lipinski definition) is 0. The first-order valence-electron chi connectivity index (χ1n) is 49.6. The zero-order chi connectivity index (χ0) is 94.1. The smallest absolute Gasteiger partial charge is 0.302 e. The van der Waals surface area contributed by atoms with E-state index in [-0.39, 0.29) is 147 Å². The number of benzene rings is 4. The van der Waals surface area contributed by atoms with Crippen LogP contribution in [0.2, 0.25) is 0 Å². The molecule has 0 amide bonds. The third-order valence-corrected chi connectivity index (χ3v) is 34.4. The molecule has 20 nitrogen and oxygen atoms in total. The van der Waals surface area contributed by atoms with Crippen molar-refractivity contribution in [3.63, 3.8) is 0 Å². The normalized spacial score (nSPS) is 33.5. The van der Waals surface area contributed by atoms with E-state index in [0.717, 1.165) is 175 Å². The number of methoxy groups -OCH3 is 2. The predicted molar refractivity (Wildman–Crippen MR) is 522 cm³/mol. The topological polar surface area (TPSA) is 234 Å². The molecule has 0 N–H and O–H groups in total. The van der Waals surface area contributed by atoms with Gasteiger partial charge >= 0.3 is 11.9 Å². The average Bonchev–Trinajstić information content (AvgIpc) is 1.56. The third kappa shape index (κ3) is 16.2. The van der Waals surface area contributed by atoms with Crippen LogP contribution in [0.15, 0.2) is 263 Å². The number of hydrogen-bond acceptors (Lipinski definition) is 20. The molecule has 0 radical (unpaired) electrons. The van der Waals surface area contributed by atoms with Gasteiger partial charge in [0.05, 0.1) is 34.5 Å². The van der Waals surface area contributed by atoms with Crippen molar-refractivity contribution in [2.75, 3.05) is 55.5 Å². The molecule has 0 spiro atoms. The number of carbonyl (C=O) groups excluding carboxylic acids is 6. The minimum absolute atomic E-state index is 0.00979. The highest BCUT2D eigenvalue weighted by Crippen LogP contribution is 2.68.